The largest absolute Gasteiger partial charge is 0.493 e. The minimum atomic E-state index is -3.52. The van der Waals surface area contributed by atoms with Crippen molar-refractivity contribution < 1.29 is 17.9 Å². The van der Waals surface area contributed by atoms with Crippen LogP contribution >= 0.6 is 0 Å². The maximum atomic E-state index is 12.1. The molecule has 2 aromatic rings. The summed E-state index contributed by atoms with van der Waals surface area (Å²) in [6.07, 6.45) is 0. The fourth-order valence-corrected chi connectivity index (χ4v) is 2.89. The Hall–Kier alpha value is -2.05. The van der Waals surface area contributed by atoms with E-state index < -0.39 is 10.0 Å². The number of ether oxygens (including phenoxy) is 2. The van der Waals surface area contributed by atoms with Crippen LogP contribution in [0.1, 0.15) is 5.56 Å². The van der Waals surface area contributed by atoms with E-state index in [2.05, 4.69) is 4.72 Å². The van der Waals surface area contributed by atoms with E-state index in [0.717, 1.165) is 5.56 Å². The Bertz CT molecular complexity index is 699. The summed E-state index contributed by atoms with van der Waals surface area (Å²) in [6.45, 7) is 0.178. The van der Waals surface area contributed by atoms with Crippen LogP contribution in [0.4, 0.5) is 0 Å². The lowest BCUT2D eigenvalue weighted by molar-refractivity contribution is 0.354. The van der Waals surface area contributed by atoms with Crippen LogP contribution in [-0.4, -0.2) is 22.6 Å². The molecule has 0 unspecified atom stereocenters. The van der Waals surface area contributed by atoms with Gasteiger partial charge in [-0.1, -0.05) is 24.3 Å². The van der Waals surface area contributed by atoms with Gasteiger partial charge in [-0.15, -0.1) is 0 Å². The summed E-state index contributed by atoms with van der Waals surface area (Å²) < 4.78 is 37.1. The zero-order chi connectivity index (χ0) is 15.3. The van der Waals surface area contributed by atoms with E-state index >= 15 is 0 Å². The zero-order valence-corrected chi connectivity index (χ0v) is 12.7. The van der Waals surface area contributed by atoms with Gasteiger partial charge in [0.05, 0.1) is 19.1 Å². The molecule has 0 fully saturated rings. The Labute approximate surface area is 124 Å². The van der Waals surface area contributed by atoms with Gasteiger partial charge in [-0.25, -0.2) is 13.1 Å². The fraction of sp³-hybridized carbons (Fsp3) is 0.200. The maximum absolute atomic E-state index is 12.1. The van der Waals surface area contributed by atoms with Crippen LogP contribution in [0.5, 0.6) is 11.5 Å². The Kier molecular flexibility index (Phi) is 4.82. The molecule has 0 saturated heterocycles. The molecule has 0 heterocycles. The molecule has 0 aliphatic carbocycles. The Balaban J connectivity index is 2.13. The zero-order valence-electron chi connectivity index (χ0n) is 11.9. The molecule has 0 amide bonds. The summed E-state index contributed by atoms with van der Waals surface area (Å²) in [7, 11) is -0.427. The van der Waals surface area contributed by atoms with Gasteiger partial charge in [0.15, 0.2) is 11.5 Å². The topological polar surface area (TPSA) is 64.6 Å². The highest BCUT2D eigenvalue weighted by molar-refractivity contribution is 7.89. The molecule has 0 bridgehead atoms. The molecule has 1 N–H and O–H groups in total. The number of benzene rings is 2. The van der Waals surface area contributed by atoms with Gasteiger partial charge in [-0.2, -0.15) is 0 Å². The van der Waals surface area contributed by atoms with Crippen LogP contribution in [0.25, 0.3) is 0 Å². The molecule has 112 valence electrons. The van der Waals surface area contributed by atoms with Gasteiger partial charge in [0.1, 0.15) is 0 Å². The van der Waals surface area contributed by atoms with Gasteiger partial charge in [0.25, 0.3) is 0 Å². The molecule has 0 saturated carbocycles. The highest BCUT2D eigenvalue weighted by Crippen LogP contribution is 2.27. The second-order valence-electron chi connectivity index (χ2n) is 4.33. The summed E-state index contributed by atoms with van der Waals surface area (Å²) in [4.78, 5) is 0.241. The van der Waals surface area contributed by atoms with E-state index in [0.29, 0.717) is 11.5 Å². The van der Waals surface area contributed by atoms with Crippen LogP contribution in [0.3, 0.4) is 0 Å². The van der Waals surface area contributed by atoms with Crippen molar-refractivity contribution in [2.45, 2.75) is 11.4 Å². The van der Waals surface area contributed by atoms with Crippen molar-refractivity contribution in [3.05, 3.63) is 54.1 Å². The van der Waals surface area contributed by atoms with Crippen LogP contribution in [0.15, 0.2) is 53.4 Å². The minimum absolute atomic E-state index is 0.178. The molecule has 5 nitrogen and oxygen atoms in total. The highest BCUT2D eigenvalue weighted by atomic mass is 32.2. The molecule has 0 aliphatic heterocycles. The predicted octanol–water partition coefficient (Wildman–Crippen LogP) is 2.18. The van der Waals surface area contributed by atoms with E-state index in [-0.39, 0.29) is 11.4 Å². The third-order valence-corrected chi connectivity index (χ3v) is 4.38. The Morgan fingerprint density at radius 2 is 1.62 bits per heavy atom. The lowest BCUT2D eigenvalue weighted by Crippen LogP contribution is -2.23. The molecule has 6 heteroatoms. The van der Waals surface area contributed by atoms with E-state index in [1.165, 1.54) is 7.11 Å². The number of nitrogens with one attached hydrogen (secondary N) is 1. The first-order valence-electron chi connectivity index (χ1n) is 6.32. The number of hydrogen-bond acceptors (Lipinski definition) is 4. The average molecular weight is 307 g/mol. The summed E-state index contributed by atoms with van der Waals surface area (Å²) >= 11 is 0. The van der Waals surface area contributed by atoms with Crippen LogP contribution in [0, 0.1) is 0 Å². The normalized spacial score (nSPS) is 11.1. The van der Waals surface area contributed by atoms with Crippen molar-refractivity contribution in [2.75, 3.05) is 14.2 Å². The third kappa shape index (κ3) is 3.74. The molecule has 2 aromatic carbocycles. The molecular formula is C15H17NO4S. The number of sulfonamides is 1. The molecule has 2 rings (SSSR count). The molecule has 0 aromatic heterocycles. The van der Waals surface area contributed by atoms with Crippen LogP contribution in [-0.2, 0) is 16.6 Å². The monoisotopic (exact) mass is 307 g/mol. The standard InChI is InChI=1S/C15H17NO4S/c1-19-14-9-8-12(10-15(14)20-2)11-16-21(17,18)13-6-4-3-5-7-13/h3-10,16H,11H2,1-2H3. The van der Waals surface area contributed by atoms with Gasteiger partial charge in [0, 0.05) is 6.54 Å². The van der Waals surface area contributed by atoms with Crippen molar-refractivity contribution in [3.63, 3.8) is 0 Å². The first-order valence-corrected chi connectivity index (χ1v) is 7.81. The molecule has 0 radical (unpaired) electrons. The molecule has 21 heavy (non-hydrogen) atoms. The van der Waals surface area contributed by atoms with Crippen molar-refractivity contribution >= 4 is 10.0 Å². The minimum Gasteiger partial charge on any atom is -0.493 e. The number of rotatable bonds is 6. The summed E-state index contributed by atoms with van der Waals surface area (Å²) in [5.41, 5.74) is 0.784. The first kappa shape index (κ1) is 15.3. The molecule has 0 aliphatic rings. The average Bonchev–Trinajstić information content (AvgIpc) is 2.53. The lowest BCUT2D eigenvalue weighted by Gasteiger charge is -2.10. The molecular weight excluding hydrogens is 290 g/mol. The van der Waals surface area contributed by atoms with Crippen molar-refractivity contribution in [2.24, 2.45) is 0 Å². The van der Waals surface area contributed by atoms with Crippen LogP contribution < -0.4 is 14.2 Å². The van der Waals surface area contributed by atoms with E-state index in [9.17, 15) is 8.42 Å². The number of methoxy groups -OCH3 is 2. The van der Waals surface area contributed by atoms with Crippen molar-refractivity contribution in [1.29, 1.82) is 0 Å². The summed E-state index contributed by atoms with van der Waals surface area (Å²) in [6, 6.07) is 13.5. The van der Waals surface area contributed by atoms with Gasteiger partial charge in [-0.3, -0.25) is 0 Å². The van der Waals surface area contributed by atoms with Crippen molar-refractivity contribution in [3.8, 4) is 11.5 Å². The second kappa shape index (κ2) is 6.60. The number of hydrogen-bond donors (Lipinski definition) is 1. The quantitative estimate of drug-likeness (QED) is 0.888. The third-order valence-electron chi connectivity index (χ3n) is 2.97. The predicted molar refractivity (Wildman–Crippen MR) is 80.0 cm³/mol. The second-order valence-corrected chi connectivity index (χ2v) is 6.09. The molecule has 0 atom stereocenters. The lowest BCUT2D eigenvalue weighted by atomic mass is 10.2. The van der Waals surface area contributed by atoms with E-state index in [1.807, 2.05) is 0 Å². The Morgan fingerprint density at radius 3 is 2.24 bits per heavy atom. The van der Waals surface area contributed by atoms with Crippen molar-refractivity contribution in [1.82, 2.24) is 4.72 Å². The molecule has 0 spiro atoms. The SMILES string of the molecule is COc1ccc(CNS(=O)(=O)c2ccccc2)cc1OC. The van der Waals surface area contributed by atoms with Gasteiger partial charge >= 0.3 is 0 Å². The van der Waals surface area contributed by atoms with E-state index in [4.69, 9.17) is 9.47 Å². The van der Waals surface area contributed by atoms with E-state index in [1.54, 1.807) is 55.6 Å². The summed E-state index contributed by atoms with van der Waals surface area (Å²) in [5, 5.41) is 0. The fourth-order valence-electron chi connectivity index (χ4n) is 1.85. The van der Waals surface area contributed by atoms with Crippen LogP contribution in [0.2, 0.25) is 0 Å². The van der Waals surface area contributed by atoms with Gasteiger partial charge in [0.2, 0.25) is 10.0 Å². The van der Waals surface area contributed by atoms with Gasteiger partial charge < -0.3 is 9.47 Å². The smallest absolute Gasteiger partial charge is 0.240 e. The van der Waals surface area contributed by atoms with Gasteiger partial charge in [-0.05, 0) is 29.8 Å². The summed E-state index contributed by atoms with van der Waals surface area (Å²) in [5.74, 6) is 1.17. The first-order chi connectivity index (χ1) is 10.1. The maximum Gasteiger partial charge on any atom is 0.240 e. The Morgan fingerprint density at radius 1 is 0.952 bits per heavy atom. The highest BCUT2D eigenvalue weighted by Gasteiger charge is 2.13.